The summed E-state index contributed by atoms with van der Waals surface area (Å²) in [6, 6.07) is 13.7. The molecule has 4 heteroatoms. The van der Waals surface area contributed by atoms with E-state index in [1.165, 1.54) is 0 Å². The lowest BCUT2D eigenvalue weighted by atomic mass is 10.2. The second-order valence-electron chi connectivity index (χ2n) is 5.01. The Morgan fingerprint density at radius 1 is 1.25 bits per heavy atom. The molecule has 20 heavy (non-hydrogen) atoms. The molecule has 102 valence electrons. The summed E-state index contributed by atoms with van der Waals surface area (Å²) in [7, 11) is 0. The van der Waals surface area contributed by atoms with Crippen LogP contribution in [0.15, 0.2) is 48.7 Å². The molecular weight excluding hydrogens is 272 g/mol. The maximum Gasteiger partial charge on any atom is 0.273 e. The lowest BCUT2D eigenvalue weighted by Crippen LogP contribution is -2.33. The van der Waals surface area contributed by atoms with Gasteiger partial charge < -0.3 is 4.90 Å². The van der Waals surface area contributed by atoms with Gasteiger partial charge in [0.2, 0.25) is 0 Å². The van der Waals surface area contributed by atoms with Crippen molar-refractivity contribution in [2.24, 2.45) is 0 Å². The summed E-state index contributed by atoms with van der Waals surface area (Å²) in [4.78, 5) is 18.6. The van der Waals surface area contributed by atoms with Crippen LogP contribution in [0.3, 0.4) is 0 Å². The van der Waals surface area contributed by atoms with E-state index < -0.39 is 0 Å². The first-order chi connectivity index (χ1) is 9.74. The van der Waals surface area contributed by atoms with Gasteiger partial charge in [0.1, 0.15) is 5.69 Å². The van der Waals surface area contributed by atoms with Crippen LogP contribution >= 0.6 is 11.6 Å². The summed E-state index contributed by atoms with van der Waals surface area (Å²) in [5.74, 6) is -0.0427. The van der Waals surface area contributed by atoms with Crippen LogP contribution in [0.25, 0.3) is 0 Å². The molecule has 0 unspecified atom stereocenters. The lowest BCUT2D eigenvalue weighted by Gasteiger charge is -2.22. The van der Waals surface area contributed by atoms with E-state index in [1.807, 2.05) is 35.2 Å². The molecule has 1 fully saturated rings. The molecule has 1 amide bonds. The fourth-order valence-electron chi connectivity index (χ4n) is 2.20. The van der Waals surface area contributed by atoms with Gasteiger partial charge in [0.05, 0.1) is 0 Å². The molecule has 1 aromatic heterocycles. The summed E-state index contributed by atoms with van der Waals surface area (Å²) in [5.41, 5.74) is 1.55. The average Bonchev–Trinajstić information content (AvgIpc) is 3.30. The molecule has 1 saturated carbocycles. The number of hydrogen-bond donors (Lipinski definition) is 0. The van der Waals surface area contributed by atoms with Crippen LogP contribution in [-0.2, 0) is 6.54 Å². The Morgan fingerprint density at radius 2 is 2.00 bits per heavy atom. The normalized spacial score (nSPS) is 14.1. The highest BCUT2D eigenvalue weighted by Gasteiger charge is 2.33. The number of hydrogen-bond acceptors (Lipinski definition) is 2. The Bertz CT molecular complexity index is 611. The fourth-order valence-corrected chi connectivity index (χ4v) is 2.36. The third-order valence-corrected chi connectivity index (χ3v) is 3.62. The lowest BCUT2D eigenvalue weighted by molar-refractivity contribution is 0.0724. The molecule has 2 aromatic rings. The molecule has 1 aliphatic rings. The standard InChI is InChI=1S/C16H15ClN2O/c17-13-8-9-18-15(10-13)16(20)19(14-6-7-14)11-12-4-2-1-3-5-12/h1-5,8-10,14H,6-7,11H2. The zero-order chi connectivity index (χ0) is 13.9. The number of amides is 1. The highest BCUT2D eigenvalue weighted by molar-refractivity contribution is 6.30. The minimum atomic E-state index is -0.0427. The molecule has 3 nitrogen and oxygen atoms in total. The number of aromatic nitrogens is 1. The van der Waals surface area contributed by atoms with E-state index in [2.05, 4.69) is 4.98 Å². The van der Waals surface area contributed by atoms with Gasteiger partial charge in [0.15, 0.2) is 0 Å². The van der Waals surface area contributed by atoms with Crippen LogP contribution in [0, 0.1) is 0 Å². The van der Waals surface area contributed by atoms with Crippen molar-refractivity contribution in [1.82, 2.24) is 9.88 Å². The van der Waals surface area contributed by atoms with Gasteiger partial charge in [0, 0.05) is 23.8 Å². The largest absolute Gasteiger partial charge is 0.330 e. The Kier molecular flexibility index (Phi) is 3.70. The van der Waals surface area contributed by atoms with E-state index in [-0.39, 0.29) is 5.91 Å². The SMILES string of the molecule is O=C(c1cc(Cl)ccn1)N(Cc1ccccc1)C1CC1. The summed E-state index contributed by atoms with van der Waals surface area (Å²) in [6.45, 7) is 0.624. The maximum absolute atomic E-state index is 12.6. The Labute approximate surface area is 123 Å². The van der Waals surface area contributed by atoms with E-state index in [0.717, 1.165) is 18.4 Å². The quantitative estimate of drug-likeness (QED) is 0.861. The average molecular weight is 287 g/mol. The molecule has 1 aromatic carbocycles. The molecule has 3 rings (SSSR count). The first-order valence-corrected chi connectivity index (χ1v) is 7.08. The van der Waals surface area contributed by atoms with Gasteiger partial charge in [-0.05, 0) is 30.5 Å². The minimum absolute atomic E-state index is 0.0427. The minimum Gasteiger partial charge on any atom is -0.330 e. The molecule has 0 saturated heterocycles. The van der Waals surface area contributed by atoms with Gasteiger partial charge in [-0.25, -0.2) is 0 Å². The Morgan fingerprint density at radius 3 is 2.65 bits per heavy atom. The molecule has 1 heterocycles. The summed E-state index contributed by atoms with van der Waals surface area (Å²) >= 11 is 5.94. The van der Waals surface area contributed by atoms with E-state index in [4.69, 9.17) is 11.6 Å². The van der Waals surface area contributed by atoms with Crippen molar-refractivity contribution in [1.29, 1.82) is 0 Å². The molecule has 0 aliphatic heterocycles. The van der Waals surface area contributed by atoms with Crippen molar-refractivity contribution < 1.29 is 4.79 Å². The van der Waals surface area contributed by atoms with Gasteiger partial charge in [-0.3, -0.25) is 9.78 Å². The number of benzene rings is 1. The number of pyridine rings is 1. The maximum atomic E-state index is 12.6. The second kappa shape index (κ2) is 5.63. The third-order valence-electron chi connectivity index (χ3n) is 3.39. The second-order valence-corrected chi connectivity index (χ2v) is 5.45. The van der Waals surface area contributed by atoms with E-state index in [9.17, 15) is 4.79 Å². The Hall–Kier alpha value is -1.87. The van der Waals surface area contributed by atoms with E-state index in [1.54, 1.807) is 18.3 Å². The first-order valence-electron chi connectivity index (χ1n) is 6.70. The van der Waals surface area contributed by atoms with Crippen LogP contribution in [0.5, 0.6) is 0 Å². The van der Waals surface area contributed by atoms with Crippen molar-refractivity contribution in [2.45, 2.75) is 25.4 Å². The van der Waals surface area contributed by atoms with Gasteiger partial charge in [0.25, 0.3) is 5.91 Å². The van der Waals surface area contributed by atoms with Crippen molar-refractivity contribution in [3.05, 3.63) is 64.9 Å². The topological polar surface area (TPSA) is 33.2 Å². The monoisotopic (exact) mass is 286 g/mol. The third kappa shape index (κ3) is 2.99. The van der Waals surface area contributed by atoms with Crippen molar-refractivity contribution in [3.63, 3.8) is 0 Å². The van der Waals surface area contributed by atoms with Gasteiger partial charge in [-0.15, -0.1) is 0 Å². The van der Waals surface area contributed by atoms with E-state index in [0.29, 0.717) is 23.3 Å². The highest BCUT2D eigenvalue weighted by Crippen LogP contribution is 2.29. The van der Waals surface area contributed by atoms with Crippen molar-refractivity contribution in [3.8, 4) is 0 Å². The van der Waals surface area contributed by atoms with Crippen LogP contribution in [0.4, 0.5) is 0 Å². The molecule has 0 radical (unpaired) electrons. The van der Waals surface area contributed by atoms with Crippen LogP contribution < -0.4 is 0 Å². The smallest absolute Gasteiger partial charge is 0.273 e. The molecular formula is C16H15ClN2O. The summed E-state index contributed by atoms with van der Waals surface area (Å²) in [6.07, 6.45) is 3.71. The van der Waals surface area contributed by atoms with Crippen LogP contribution in [0.2, 0.25) is 5.02 Å². The predicted molar refractivity (Wildman–Crippen MR) is 78.6 cm³/mol. The fraction of sp³-hybridized carbons (Fsp3) is 0.250. The number of carbonyl (C=O) groups is 1. The number of halogens is 1. The van der Waals surface area contributed by atoms with E-state index >= 15 is 0 Å². The molecule has 0 atom stereocenters. The van der Waals surface area contributed by atoms with Gasteiger partial charge in [-0.2, -0.15) is 0 Å². The van der Waals surface area contributed by atoms with Gasteiger partial charge in [-0.1, -0.05) is 41.9 Å². The first kappa shape index (κ1) is 13.1. The van der Waals surface area contributed by atoms with Crippen LogP contribution in [-0.4, -0.2) is 21.8 Å². The zero-order valence-corrected chi connectivity index (χ0v) is 11.8. The molecule has 0 spiro atoms. The summed E-state index contributed by atoms with van der Waals surface area (Å²) < 4.78 is 0. The van der Waals surface area contributed by atoms with Crippen molar-refractivity contribution >= 4 is 17.5 Å². The Balaban J connectivity index is 1.82. The highest BCUT2D eigenvalue weighted by atomic mass is 35.5. The molecule has 1 aliphatic carbocycles. The van der Waals surface area contributed by atoms with Gasteiger partial charge >= 0.3 is 0 Å². The number of nitrogens with zero attached hydrogens (tertiary/aromatic N) is 2. The van der Waals surface area contributed by atoms with Crippen LogP contribution in [0.1, 0.15) is 28.9 Å². The molecule has 0 N–H and O–H groups in total. The predicted octanol–water partition coefficient (Wildman–Crippen LogP) is 3.54. The van der Waals surface area contributed by atoms with Crippen molar-refractivity contribution in [2.75, 3.05) is 0 Å². The zero-order valence-electron chi connectivity index (χ0n) is 11.0. The number of carbonyl (C=O) groups excluding carboxylic acids is 1. The summed E-state index contributed by atoms with van der Waals surface area (Å²) in [5, 5.41) is 0.541. The molecule has 0 bridgehead atoms. The number of rotatable bonds is 4.